The Balaban J connectivity index is 1.26. The molecule has 0 bridgehead atoms. The lowest BCUT2D eigenvalue weighted by atomic mass is 10.1. The lowest BCUT2D eigenvalue weighted by molar-refractivity contribution is -0.00297. The van der Waals surface area contributed by atoms with Crippen LogP contribution in [0.25, 0.3) is 27.8 Å². The summed E-state index contributed by atoms with van der Waals surface area (Å²) in [5.41, 5.74) is 6.26. The Morgan fingerprint density at radius 3 is 2.85 bits per heavy atom. The second kappa shape index (κ2) is 8.12. The lowest BCUT2D eigenvalue weighted by Gasteiger charge is -2.35. The molecule has 5 aromatic rings. The first-order valence-electron chi connectivity index (χ1n) is 11.2. The highest BCUT2D eigenvalue weighted by Gasteiger charge is 2.25. The molecule has 0 spiro atoms. The van der Waals surface area contributed by atoms with Gasteiger partial charge in [0.15, 0.2) is 5.82 Å². The van der Waals surface area contributed by atoms with Crippen molar-refractivity contribution in [3.63, 3.8) is 0 Å². The molecule has 1 saturated heterocycles. The molecule has 6 rings (SSSR count). The van der Waals surface area contributed by atoms with Gasteiger partial charge in [-0.1, -0.05) is 0 Å². The summed E-state index contributed by atoms with van der Waals surface area (Å²) in [5.74, 6) is 1.19. The monoisotopic (exact) mass is 455 g/mol. The molecule has 0 amide bonds. The van der Waals surface area contributed by atoms with Crippen molar-refractivity contribution in [2.75, 3.05) is 18.4 Å². The Morgan fingerprint density at radius 1 is 1.18 bits per heavy atom. The van der Waals surface area contributed by atoms with E-state index >= 15 is 0 Å². The number of fused-ring (bicyclic) bond motifs is 1. The van der Waals surface area contributed by atoms with Crippen LogP contribution in [0.15, 0.2) is 65.9 Å². The van der Waals surface area contributed by atoms with E-state index in [1.165, 1.54) is 0 Å². The Kier molecular flexibility index (Phi) is 4.93. The van der Waals surface area contributed by atoms with Crippen LogP contribution in [0.5, 0.6) is 0 Å². The summed E-state index contributed by atoms with van der Waals surface area (Å²) in [6, 6.07) is 10.0. The van der Waals surface area contributed by atoms with E-state index in [9.17, 15) is 5.11 Å². The molecule has 0 saturated carbocycles. The van der Waals surface area contributed by atoms with Gasteiger partial charge in [-0.25, -0.2) is 9.67 Å². The van der Waals surface area contributed by atoms with Crippen LogP contribution < -0.4 is 5.32 Å². The third-order valence-corrected chi connectivity index (χ3v) is 6.29. The summed E-state index contributed by atoms with van der Waals surface area (Å²) in [4.78, 5) is 11.3. The molecule has 1 aliphatic heterocycles. The van der Waals surface area contributed by atoms with Gasteiger partial charge in [-0.15, -0.1) is 0 Å². The van der Waals surface area contributed by atoms with E-state index in [0.717, 1.165) is 45.5 Å². The largest absolute Gasteiger partial charge is 0.472 e. The van der Waals surface area contributed by atoms with Crippen molar-refractivity contribution < 1.29 is 9.52 Å². The van der Waals surface area contributed by atoms with E-state index in [-0.39, 0.29) is 6.10 Å². The molecule has 5 heterocycles. The molecule has 4 aromatic heterocycles. The number of aliphatic hydroxyl groups is 1. The van der Waals surface area contributed by atoms with Crippen LogP contribution in [0.2, 0.25) is 0 Å². The van der Waals surface area contributed by atoms with E-state index in [1.54, 1.807) is 23.4 Å². The molecule has 1 aromatic carbocycles. The van der Waals surface area contributed by atoms with Gasteiger partial charge in [0.25, 0.3) is 0 Å². The molecular formula is C25H25N7O2. The van der Waals surface area contributed by atoms with Crippen LogP contribution in [0, 0.1) is 6.92 Å². The molecule has 9 heteroatoms. The van der Waals surface area contributed by atoms with Crippen molar-refractivity contribution in [2.24, 2.45) is 7.05 Å². The predicted octanol–water partition coefficient (Wildman–Crippen LogP) is 3.64. The second-order valence-corrected chi connectivity index (χ2v) is 8.79. The standard InChI is InChI=1S/C25H25N7O2/c1-16-18(10-31-12-20(33)13-31)11-32(29-16)24-5-7-26-25(28-24)27-19-3-4-23-21(9-19)22(14-30(23)2)17-6-8-34-15-17/h3-9,11,14-15,20,33H,10,12-13H2,1-2H3,(H,26,27,28). The first-order valence-corrected chi connectivity index (χ1v) is 11.2. The van der Waals surface area contributed by atoms with Crippen LogP contribution in [0.1, 0.15) is 11.3 Å². The summed E-state index contributed by atoms with van der Waals surface area (Å²) in [5, 5.41) is 18.6. The second-order valence-electron chi connectivity index (χ2n) is 8.79. The third-order valence-electron chi connectivity index (χ3n) is 6.29. The fourth-order valence-electron chi connectivity index (χ4n) is 4.46. The van der Waals surface area contributed by atoms with Crippen molar-refractivity contribution in [1.29, 1.82) is 0 Å². The maximum absolute atomic E-state index is 9.53. The maximum Gasteiger partial charge on any atom is 0.229 e. The number of furan rings is 1. The number of nitrogens with zero attached hydrogens (tertiary/aromatic N) is 6. The predicted molar refractivity (Wildman–Crippen MR) is 129 cm³/mol. The van der Waals surface area contributed by atoms with Gasteiger partial charge in [-0.2, -0.15) is 10.1 Å². The zero-order chi connectivity index (χ0) is 23.2. The zero-order valence-corrected chi connectivity index (χ0v) is 19.0. The number of hydrogen-bond donors (Lipinski definition) is 2. The number of benzene rings is 1. The van der Waals surface area contributed by atoms with Crippen molar-refractivity contribution in [3.8, 4) is 16.9 Å². The molecule has 0 atom stereocenters. The van der Waals surface area contributed by atoms with Crippen molar-refractivity contribution in [2.45, 2.75) is 19.6 Å². The summed E-state index contributed by atoms with van der Waals surface area (Å²) in [7, 11) is 2.04. The van der Waals surface area contributed by atoms with E-state index in [1.807, 2.05) is 38.4 Å². The Hall–Kier alpha value is -3.95. The highest BCUT2D eigenvalue weighted by Crippen LogP contribution is 2.33. The van der Waals surface area contributed by atoms with Gasteiger partial charge in [0.1, 0.15) is 0 Å². The molecule has 9 nitrogen and oxygen atoms in total. The normalized spacial score (nSPS) is 14.6. The molecule has 2 N–H and O–H groups in total. The highest BCUT2D eigenvalue weighted by atomic mass is 16.3. The Labute approximate surface area is 196 Å². The highest BCUT2D eigenvalue weighted by molar-refractivity contribution is 5.98. The van der Waals surface area contributed by atoms with Gasteiger partial charge in [-0.05, 0) is 31.2 Å². The number of aromatic nitrogens is 5. The minimum Gasteiger partial charge on any atom is -0.472 e. The van der Waals surface area contributed by atoms with Crippen LogP contribution in [0.3, 0.4) is 0 Å². The number of aliphatic hydroxyl groups excluding tert-OH is 1. The van der Waals surface area contributed by atoms with E-state index in [2.05, 4.69) is 48.2 Å². The summed E-state index contributed by atoms with van der Waals surface area (Å²) in [6.07, 6.45) is 9.06. The lowest BCUT2D eigenvalue weighted by Crippen LogP contribution is -2.49. The molecule has 34 heavy (non-hydrogen) atoms. The molecule has 0 radical (unpaired) electrons. The van der Waals surface area contributed by atoms with Crippen LogP contribution in [-0.2, 0) is 13.6 Å². The van der Waals surface area contributed by atoms with Crippen LogP contribution in [0.4, 0.5) is 11.6 Å². The maximum atomic E-state index is 9.53. The summed E-state index contributed by atoms with van der Waals surface area (Å²) < 4.78 is 9.18. The summed E-state index contributed by atoms with van der Waals surface area (Å²) >= 11 is 0. The number of likely N-dealkylation sites (tertiary alicyclic amines) is 1. The molecule has 0 unspecified atom stereocenters. The Morgan fingerprint density at radius 2 is 2.06 bits per heavy atom. The first-order chi connectivity index (χ1) is 16.5. The quantitative estimate of drug-likeness (QED) is 0.403. The minimum atomic E-state index is -0.211. The zero-order valence-electron chi connectivity index (χ0n) is 19.0. The fraction of sp³-hybridized carbons (Fsp3) is 0.240. The summed E-state index contributed by atoms with van der Waals surface area (Å²) in [6.45, 7) is 4.19. The van der Waals surface area contributed by atoms with Crippen LogP contribution in [-0.4, -0.2) is 53.5 Å². The number of hydrogen-bond acceptors (Lipinski definition) is 7. The van der Waals surface area contributed by atoms with Crippen molar-refractivity contribution in [3.05, 3.63) is 72.7 Å². The topological polar surface area (TPSA) is 97.2 Å². The van der Waals surface area contributed by atoms with Gasteiger partial charge < -0.3 is 19.4 Å². The Bertz CT molecular complexity index is 1460. The average molecular weight is 456 g/mol. The van der Waals surface area contributed by atoms with E-state index in [4.69, 9.17) is 4.42 Å². The molecule has 1 fully saturated rings. The third kappa shape index (κ3) is 3.74. The number of β-amino-alcohol motifs (C(OH)–C–C–N with tert-alkyl or cyclic N) is 1. The number of nitrogens with one attached hydrogen (secondary N) is 1. The van der Waals surface area contributed by atoms with E-state index in [0.29, 0.717) is 24.9 Å². The molecule has 1 aliphatic rings. The number of rotatable bonds is 6. The average Bonchev–Trinajstić information content (AvgIpc) is 3.53. The van der Waals surface area contributed by atoms with E-state index < -0.39 is 0 Å². The fourth-order valence-corrected chi connectivity index (χ4v) is 4.46. The smallest absolute Gasteiger partial charge is 0.229 e. The number of anilines is 2. The van der Waals surface area contributed by atoms with Gasteiger partial charge in [-0.3, -0.25) is 4.90 Å². The first kappa shape index (κ1) is 20.6. The molecular weight excluding hydrogens is 430 g/mol. The molecule has 0 aliphatic carbocycles. The number of aryl methyl sites for hydroxylation is 2. The van der Waals surface area contributed by atoms with Gasteiger partial charge >= 0.3 is 0 Å². The van der Waals surface area contributed by atoms with Crippen molar-refractivity contribution in [1.82, 2.24) is 29.2 Å². The van der Waals surface area contributed by atoms with Gasteiger partial charge in [0, 0.05) is 84.6 Å². The minimum absolute atomic E-state index is 0.211. The van der Waals surface area contributed by atoms with Gasteiger partial charge in [0.05, 0.1) is 24.3 Å². The molecule has 172 valence electrons. The van der Waals surface area contributed by atoms with Crippen LogP contribution >= 0.6 is 0 Å². The SMILES string of the molecule is Cc1nn(-c2ccnc(Nc3ccc4c(c3)c(-c3ccoc3)cn4C)n2)cc1CN1CC(O)C1. The van der Waals surface area contributed by atoms with Gasteiger partial charge in [0.2, 0.25) is 5.95 Å². The van der Waals surface area contributed by atoms with Crippen molar-refractivity contribution >= 4 is 22.5 Å².